The maximum atomic E-state index is 10.7. The smallest absolute Gasteiger partial charge is 0.476 e. The van der Waals surface area contributed by atoms with Gasteiger partial charge in [-0.2, -0.15) is 5.10 Å². The average Bonchev–Trinajstić information content (AvgIpc) is 2.70. The van der Waals surface area contributed by atoms with Crippen LogP contribution in [0.15, 0.2) is 6.07 Å². The molecule has 0 radical (unpaired) electrons. The second kappa shape index (κ2) is 3.58. The second-order valence-corrected chi connectivity index (χ2v) is 5.10. The highest BCUT2D eigenvalue weighted by Crippen LogP contribution is 2.36. The Morgan fingerprint density at radius 2 is 1.88 bits per heavy atom. The molecule has 1 saturated heterocycles. The lowest BCUT2D eigenvalue weighted by molar-refractivity contribution is 0.00578. The molecule has 2 N–H and O–H groups in total. The van der Waals surface area contributed by atoms with Crippen LogP contribution in [0, 0.1) is 0 Å². The van der Waals surface area contributed by atoms with Crippen molar-refractivity contribution in [3.63, 3.8) is 0 Å². The molecule has 0 bridgehead atoms. The molecular weight excluding hydrogens is 223 g/mol. The predicted molar refractivity (Wildman–Crippen MR) is 61.3 cm³/mol. The Bertz CT molecular complexity index is 439. The van der Waals surface area contributed by atoms with Crippen molar-refractivity contribution in [2.45, 2.75) is 38.9 Å². The first kappa shape index (κ1) is 12.1. The van der Waals surface area contributed by atoms with Crippen molar-refractivity contribution in [3.8, 4) is 0 Å². The maximum Gasteiger partial charge on any atom is 0.513 e. The highest BCUT2D eigenvalue weighted by Gasteiger charge is 2.52. The number of rotatable bonds is 2. The quantitative estimate of drug-likeness (QED) is 0.729. The number of carboxylic acids is 1. The van der Waals surface area contributed by atoms with Crippen LogP contribution in [0.2, 0.25) is 0 Å². The molecule has 1 aliphatic heterocycles. The Morgan fingerprint density at radius 3 is 2.29 bits per heavy atom. The van der Waals surface area contributed by atoms with E-state index in [-0.39, 0.29) is 5.69 Å². The van der Waals surface area contributed by atoms with Crippen molar-refractivity contribution in [1.82, 2.24) is 10.2 Å². The summed E-state index contributed by atoms with van der Waals surface area (Å²) in [5, 5.41) is 15.1. The summed E-state index contributed by atoms with van der Waals surface area (Å²) in [5.41, 5.74) is -0.436. The lowest BCUT2D eigenvalue weighted by Crippen LogP contribution is -2.41. The molecule has 0 saturated carbocycles. The van der Waals surface area contributed by atoms with E-state index >= 15 is 0 Å². The summed E-state index contributed by atoms with van der Waals surface area (Å²) < 4.78 is 11.5. The van der Waals surface area contributed by atoms with Gasteiger partial charge in [-0.3, -0.25) is 5.10 Å². The molecule has 2 heterocycles. The van der Waals surface area contributed by atoms with Gasteiger partial charge in [0.05, 0.1) is 16.8 Å². The van der Waals surface area contributed by atoms with Crippen molar-refractivity contribution in [2.75, 3.05) is 0 Å². The molecule has 92 valence electrons. The van der Waals surface area contributed by atoms with Gasteiger partial charge in [0, 0.05) is 0 Å². The molecule has 17 heavy (non-hydrogen) atoms. The molecule has 1 aromatic rings. The topological polar surface area (TPSA) is 84.4 Å². The molecule has 0 atom stereocenters. The number of aromatic amines is 1. The highest BCUT2D eigenvalue weighted by molar-refractivity contribution is 6.61. The minimum atomic E-state index is -1.08. The molecule has 0 spiro atoms. The molecule has 1 fully saturated rings. The van der Waals surface area contributed by atoms with Crippen LogP contribution in [0.1, 0.15) is 38.2 Å². The van der Waals surface area contributed by atoms with Crippen molar-refractivity contribution in [1.29, 1.82) is 0 Å². The maximum absolute atomic E-state index is 10.7. The van der Waals surface area contributed by atoms with Crippen LogP contribution in [-0.4, -0.2) is 39.6 Å². The SMILES string of the molecule is CC1(C)OB(c2cc(C(=O)O)n[nH]2)OC1(C)C. The fourth-order valence-corrected chi connectivity index (χ4v) is 1.54. The molecule has 1 aromatic heterocycles. The van der Waals surface area contributed by atoms with E-state index in [1.807, 2.05) is 27.7 Å². The molecule has 2 rings (SSSR count). The second-order valence-electron chi connectivity index (χ2n) is 5.10. The van der Waals surface area contributed by atoms with Crippen molar-refractivity contribution in [3.05, 3.63) is 11.8 Å². The summed E-state index contributed by atoms with van der Waals surface area (Å²) in [5.74, 6) is -1.08. The predicted octanol–water partition coefficient (Wildman–Crippen LogP) is 0.407. The van der Waals surface area contributed by atoms with Crippen LogP contribution < -0.4 is 5.59 Å². The average molecular weight is 238 g/mol. The molecule has 1 aliphatic rings. The summed E-state index contributed by atoms with van der Waals surface area (Å²) in [6.07, 6.45) is 0. The lowest BCUT2D eigenvalue weighted by atomic mass is 9.85. The van der Waals surface area contributed by atoms with Gasteiger partial charge >= 0.3 is 13.1 Å². The largest absolute Gasteiger partial charge is 0.513 e. The zero-order valence-electron chi connectivity index (χ0n) is 10.3. The molecular formula is C10H15BN2O4. The molecule has 0 amide bonds. The Balaban J connectivity index is 2.23. The highest BCUT2D eigenvalue weighted by atomic mass is 16.7. The fraction of sp³-hybridized carbons (Fsp3) is 0.600. The lowest BCUT2D eigenvalue weighted by Gasteiger charge is -2.32. The molecule has 0 aliphatic carbocycles. The first-order valence-electron chi connectivity index (χ1n) is 5.37. The van der Waals surface area contributed by atoms with Crippen LogP contribution in [0.25, 0.3) is 0 Å². The molecule has 6 nitrogen and oxygen atoms in total. The van der Waals surface area contributed by atoms with Gasteiger partial charge in [-0.05, 0) is 33.8 Å². The number of nitrogens with zero attached hydrogens (tertiary/aromatic N) is 1. The van der Waals surface area contributed by atoms with Gasteiger partial charge in [0.25, 0.3) is 0 Å². The summed E-state index contributed by atoms with van der Waals surface area (Å²) in [6, 6.07) is 1.42. The van der Waals surface area contributed by atoms with E-state index in [0.29, 0.717) is 5.59 Å². The summed E-state index contributed by atoms with van der Waals surface area (Å²) in [7, 11) is -0.611. The zero-order valence-corrected chi connectivity index (χ0v) is 10.3. The van der Waals surface area contributed by atoms with E-state index in [0.717, 1.165) is 0 Å². The number of aromatic nitrogens is 2. The Hall–Kier alpha value is -1.34. The third-order valence-electron chi connectivity index (χ3n) is 3.32. The van der Waals surface area contributed by atoms with Gasteiger partial charge in [-0.25, -0.2) is 4.79 Å². The van der Waals surface area contributed by atoms with Gasteiger partial charge in [0.1, 0.15) is 0 Å². The van der Waals surface area contributed by atoms with Crippen LogP contribution in [0.5, 0.6) is 0 Å². The monoisotopic (exact) mass is 238 g/mol. The number of H-pyrrole nitrogens is 1. The zero-order chi connectivity index (χ0) is 12.8. The van der Waals surface area contributed by atoms with Crippen molar-refractivity contribution >= 4 is 18.7 Å². The van der Waals surface area contributed by atoms with Crippen LogP contribution in [-0.2, 0) is 9.31 Å². The summed E-state index contributed by atoms with van der Waals surface area (Å²) in [6.45, 7) is 7.73. The fourth-order valence-electron chi connectivity index (χ4n) is 1.54. The van der Waals surface area contributed by atoms with E-state index in [4.69, 9.17) is 14.4 Å². The molecule has 0 aromatic carbocycles. The molecule has 7 heteroatoms. The minimum absolute atomic E-state index is 0.0466. The van der Waals surface area contributed by atoms with E-state index in [2.05, 4.69) is 10.2 Å². The summed E-state index contributed by atoms with van der Waals surface area (Å²) >= 11 is 0. The van der Waals surface area contributed by atoms with Crippen molar-refractivity contribution < 1.29 is 19.2 Å². The van der Waals surface area contributed by atoms with Crippen LogP contribution in [0.3, 0.4) is 0 Å². The van der Waals surface area contributed by atoms with E-state index in [1.165, 1.54) is 6.07 Å². The van der Waals surface area contributed by atoms with Gasteiger partial charge in [0.2, 0.25) is 0 Å². The standard InChI is InChI=1S/C10H15BN2O4/c1-9(2)10(3,4)17-11(16-9)7-5-6(8(14)15)12-13-7/h5H,1-4H3,(H,12,13)(H,14,15). The normalized spacial score (nSPS) is 21.8. The number of hydrogen-bond acceptors (Lipinski definition) is 4. The van der Waals surface area contributed by atoms with Gasteiger partial charge in [-0.15, -0.1) is 0 Å². The number of aromatic carboxylic acids is 1. The third kappa shape index (κ3) is 1.96. The number of carboxylic acid groups (broad SMARTS) is 1. The summed E-state index contributed by atoms with van der Waals surface area (Å²) in [4.78, 5) is 10.7. The number of hydrogen-bond donors (Lipinski definition) is 2. The van der Waals surface area contributed by atoms with Gasteiger partial charge in [-0.1, -0.05) is 0 Å². The van der Waals surface area contributed by atoms with Gasteiger partial charge < -0.3 is 14.4 Å². The number of nitrogens with one attached hydrogen (secondary N) is 1. The minimum Gasteiger partial charge on any atom is -0.476 e. The first-order valence-corrected chi connectivity index (χ1v) is 5.37. The molecule has 0 unspecified atom stereocenters. The van der Waals surface area contributed by atoms with Crippen molar-refractivity contribution in [2.24, 2.45) is 0 Å². The van der Waals surface area contributed by atoms with Crippen LogP contribution >= 0.6 is 0 Å². The van der Waals surface area contributed by atoms with Crippen LogP contribution in [0.4, 0.5) is 0 Å². The van der Waals surface area contributed by atoms with Gasteiger partial charge in [0.15, 0.2) is 5.69 Å². The third-order valence-corrected chi connectivity index (χ3v) is 3.32. The Kier molecular flexibility index (Phi) is 2.55. The van der Waals surface area contributed by atoms with E-state index in [9.17, 15) is 4.79 Å². The van der Waals surface area contributed by atoms with E-state index in [1.54, 1.807) is 0 Å². The first-order chi connectivity index (χ1) is 7.73. The Morgan fingerprint density at radius 1 is 1.35 bits per heavy atom. The Labute approximate surface area is 99.5 Å². The number of carbonyl (C=O) groups is 1. The van der Waals surface area contributed by atoms with E-state index < -0.39 is 24.3 Å².